The van der Waals surface area contributed by atoms with Crippen molar-refractivity contribution in [3.05, 3.63) is 47.7 Å². The Morgan fingerprint density at radius 2 is 2.04 bits per heavy atom. The first-order chi connectivity index (χ1) is 11.3. The summed E-state index contributed by atoms with van der Waals surface area (Å²) in [5.74, 6) is 1.12. The van der Waals surface area contributed by atoms with Gasteiger partial charge in [-0.05, 0) is 49.6 Å². The number of aromatic nitrogens is 2. The first-order valence-corrected chi connectivity index (χ1v) is 9.92. The lowest BCUT2D eigenvalue weighted by molar-refractivity contribution is 0.372. The molecule has 2 heterocycles. The van der Waals surface area contributed by atoms with Crippen molar-refractivity contribution in [3.63, 3.8) is 0 Å². The van der Waals surface area contributed by atoms with Gasteiger partial charge >= 0.3 is 0 Å². The summed E-state index contributed by atoms with van der Waals surface area (Å²) < 4.78 is 9.04. The summed E-state index contributed by atoms with van der Waals surface area (Å²) >= 11 is 3.20. The van der Waals surface area contributed by atoms with Gasteiger partial charge in [0.25, 0.3) is 0 Å². The minimum atomic E-state index is 0.993. The zero-order chi connectivity index (χ0) is 15.9. The zero-order valence-electron chi connectivity index (χ0n) is 13.6. The zero-order valence-corrected chi connectivity index (χ0v) is 15.2. The van der Waals surface area contributed by atoms with E-state index in [1.165, 1.54) is 42.1 Å². The van der Waals surface area contributed by atoms with Crippen molar-refractivity contribution in [3.8, 4) is 0 Å². The molecule has 0 bridgehead atoms. The van der Waals surface area contributed by atoms with Gasteiger partial charge in [-0.2, -0.15) is 8.75 Å². The molecule has 0 saturated carbocycles. The van der Waals surface area contributed by atoms with E-state index < -0.39 is 0 Å². The molecule has 5 heteroatoms. The van der Waals surface area contributed by atoms with Crippen LogP contribution in [0.25, 0.3) is 5.57 Å². The SMILES string of the molecule is CN1CCC=C(c2nsnc2SCCCCc2ccccc2)C1. The van der Waals surface area contributed by atoms with Gasteiger partial charge in [0.1, 0.15) is 10.7 Å². The van der Waals surface area contributed by atoms with E-state index in [1.807, 2.05) is 11.8 Å². The summed E-state index contributed by atoms with van der Waals surface area (Å²) in [5, 5.41) is 1.12. The van der Waals surface area contributed by atoms with Crippen LogP contribution in [0.3, 0.4) is 0 Å². The molecule has 2 aromatic rings. The van der Waals surface area contributed by atoms with E-state index in [0.29, 0.717) is 0 Å². The van der Waals surface area contributed by atoms with Gasteiger partial charge in [0.2, 0.25) is 0 Å². The fraction of sp³-hybridized carbons (Fsp3) is 0.444. The third kappa shape index (κ3) is 4.90. The molecule has 1 aliphatic rings. The first kappa shape index (κ1) is 16.7. The number of likely N-dealkylation sites (N-methyl/N-ethyl adjacent to an activating group) is 1. The lowest BCUT2D eigenvalue weighted by Crippen LogP contribution is -2.25. The van der Waals surface area contributed by atoms with Crippen molar-refractivity contribution in [1.29, 1.82) is 0 Å². The molecular formula is C18H23N3S2. The summed E-state index contributed by atoms with van der Waals surface area (Å²) in [5.41, 5.74) is 3.90. The largest absolute Gasteiger partial charge is 0.302 e. The quantitative estimate of drug-likeness (QED) is 0.550. The average Bonchev–Trinajstić information content (AvgIpc) is 3.04. The Morgan fingerprint density at radius 1 is 1.17 bits per heavy atom. The van der Waals surface area contributed by atoms with E-state index in [9.17, 15) is 0 Å². The van der Waals surface area contributed by atoms with E-state index in [0.717, 1.165) is 36.0 Å². The molecular weight excluding hydrogens is 322 g/mol. The summed E-state index contributed by atoms with van der Waals surface area (Å²) in [6.07, 6.45) is 7.06. The highest BCUT2D eigenvalue weighted by molar-refractivity contribution is 7.99. The molecule has 0 radical (unpaired) electrons. The van der Waals surface area contributed by atoms with Gasteiger partial charge in [-0.15, -0.1) is 11.8 Å². The second kappa shape index (κ2) is 8.62. The van der Waals surface area contributed by atoms with Gasteiger partial charge in [0.05, 0.1) is 11.7 Å². The molecule has 0 amide bonds. The van der Waals surface area contributed by atoms with E-state index in [-0.39, 0.29) is 0 Å². The topological polar surface area (TPSA) is 29.0 Å². The molecule has 0 spiro atoms. The van der Waals surface area contributed by atoms with Crippen LogP contribution < -0.4 is 0 Å². The van der Waals surface area contributed by atoms with Crippen molar-refractivity contribution in [1.82, 2.24) is 13.6 Å². The van der Waals surface area contributed by atoms with Gasteiger partial charge in [0, 0.05) is 13.1 Å². The highest BCUT2D eigenvalue weighted by atomic mass is 32.2. The Morgan fingerprint density at radius 3 is 2.87 bits per heavy atom. The number of rotatable bonds is 7. The Hall–Kier alpha value is -1.17. The van der Waals surface area contributed by atoms with Crippen LogP contribution in [0, 0.1) is 0 Å². The van der Waals surface area contributed by atoms with Crippen LogP contribution in [0.5, 0.6) is 0 Å². The van der Waals surface area contributed by atoms with E-state index in [1.54, 1.807) is 0 Å². The molecule has 1 aliphatic heterocycles. The van der Waals surface area contributed by atoms with Gasteiger partial charge in [0.15, 0.2) is 0 Å². The fourth-order valence-electron chi connectivity index (χ4n) is 2.78. The summed E-state index contributed by atoms with van der Waals surface area (Å²) in [6, 6.07) is 10.7. The normalized spacial score (nSPS) is 15.6. The second-order valence-electron chi connectivity index (χ2n) is 5.96. The molecule has 122 valence electrons. The summed E-state index contributed by atoms with van der Waals surface area (Å²) in [4.78, 5) is 2.35. The van der Waals surface area contributed by atoms with E-state index >= 15 is 0 Å². The number of benzene rings is 1. The number of unbranched alkanes of at least 4 members (excludes halogenated alkanes) is 1. The van der Waals surface area contributed by atoms with Crippen molar-refractivity contribution >= 4 is 29.1 Å². The lowest BCUT2D eigenvalue weighted by atomic mass is 10.1. The van der Waals surface area contributed by atoms with E-state index in [4.69, 9.17) is 0 Å². The minimum absolute atomic E-state index is 0.993. The van der Waals surface area contributed by atoms with Crippen molar-refractivity contribution in [2.45, 2.75) is 30.7 Å². The monoisotopic (exact) mass is 345 g/mol. The fourth-order valence-corrected chi connectivity index (χ4v) is 4.49. The maximum absolute atomic E-state index is 4.54. The summed E-state index contributed by atoms with van der Waals surface area (Å²) in [7, 11) is 2.17. The molecule has 23 heavy (non-hydrogen) atoms. The van der Waals surface area contributed by atoms with Crippen LogP contribution >= 0.6 is 23.5 Å². The first-order valence-electron chi connectivity index (χ1n) is 8.20. The molecule has 3 nitrogen and oxygen atoms in total. The molecule has 3 rings (SSSR count). The van der Waals surface area contributed by atoms with Crippen molar-refractivity contribution in [2.24, 2.45) is 0 Å². The van der Waals surface area contributed by atoms with Gasteiger partial charge in [-0.3, -0.25) is 0 Å². The smallest absolute Gasteiger partial charge is 0.138 e. The molecule has 0 N–H and O–H groups in total. The standard InChI is InChI=1S/C18H23N3S2/c1-21-12-7-11-16(14-21)17-18(20-23-19-17)22-13-6-5-10-15-8-3-2-4-9-15/h2-4,8-9,11H,5-7,10,12-14H2,1H3. The molecule has 1 aromatic heterocycles. The molecule has 0 fully saturated rings. The van der Waals surface area contributed by atoms with E-state index in [2.05, 4.69) is 57.1 Å². The Balaban J connectivity index is 1.46. The molecule has 0 unspecified atom stereocenters. The molecule has 1 aromatic carbocycles. The van der Waals surface area contributed by atoms with Gasteiger partial charge < -0.3 is 4.90 Å². The predicted molar refractivity (Wildman–Crippen MR) is 100 cm³/mol. The van der Waals surface area contributed by atoms with Crippen LogP contribution in [0.1, 0.15) is 30.5 Å². The molecule has 0 atom stereocenters. The second-order valence-corrected chi connectivity index (χ2v) is 7.58. The van der Waals surface area contributed by atoms with Crippen LogP contribution in [0.15, 0.2) is 41.4 Å². The van der Waals surface area contributed by atoms with Crippen LogP contribution in [-0.2, 0) is 6.42 Å². The van der Waals surface area contributed by atoms with Crippen LogP contribution in [-0.4, -0.2) is 39.5 Å². The van der Waals surface area contributed by atoms with Gasteiger partial charge in [-0.1, -0.05) is 36.4 Å². The Kier molecular flexibility index (Phi) is 6.25. The highest BCUT2D eigenvalue weighted by Gasteiger charge is 2.17. The Labute approximate surface area is 147 Å². The number of aryl methyl sites for hydroxylation is 1. The highest BCUT2D eigenvalue weighted by Crippen LogP contribution is 2.29. The van der Waals surface area contributed by atoms with Crippen LogP contribution in [0.2, 0.25) is 0 Å². The minimum Gasteiger partial charge on any atom is -0.302 e. The number of hydrogen-bond acceptors (Lipinski definition) is 5. The third-order valence-electron chi connectivity index (χ3n) is 4.05. The number of hydrogen-bond donors (Lipinski definition) is 0. The maximum atomic E-state index is 4.54. The van der Waals surface area contributed by atoms with Crippen LogP contribution in [0.4, 0.5) is 0 Å². The van der Waals surface area contributed by atoms with Gasteiger partial charge in [-0.25, -0.2) is 0 Å². The van der Waals surface area contributed by atoms with Crippen molar-refractivity contribution in [2.75, 3.05) is 25.9 Å². The average molecular weight is 346 g/mol. The van der Waals surface area contributed by atoms with Crippen molar-refractivity contribution < 1.29 is 0 Å². The number of thioether (sulfide) groups is 1. The summed E-state index contributed by atoms with van der Waals surface area (Å²) in [6.45, 7) is 2.13. The molecule has 0 saturated heterocycles. The lowest BCUT2D eigenvalue weighted by Gasteiger charge is -2.22. The third-order valence-corrected chi connectivity index (χ3v) is 5.74. The Bertz CT molecular complexity index is 637. The number of nitrogens with zero attached hydrogens (tertiary/aromatic N) is 3. The maximum Gasteiger partial charge on any atom is 0.138 e. The molecule has 0 aliphatic carbocycles. The predicted octanol–water partition coefficient (Wildman–Crippen LogP) is 4.37.